The Morgan fingerprint density at radius 2 is 1.97 bits per heavy atom. The van der Waals surface area contributed by atoms with Gasteiger partial charge in [-0.1, -0.05) is 38.1 Å². The van der Waals surface area contributed by atoms with Crippen LogP contribution < -0.4 is 9.47 Å². The predicted molar refractivity (Wildman–Crippen MR) is 141 cm³/mol. The Morgan fingerprint density at radius 1 is 1.14 bits per heavy atom. The fourth-order valence-electron chi connectivity index (χ4n) is 4.67. The fraction of sp³-hybridized carbons (Fsp3) is 0.310. The van der Waals surface area contributed by atoms with Gasteiger partial charge in [0, 0.05) is 39.9 Å². The smallest absolute Gasteiger partial charge is 0.226 e. The molecule has 2 aromatic heterocycles. The lowest BCUT2D eigenvalue weighted by Gasteiger charge is -2.24. The van der Waals surface area contributed by atoms with E-state index in [0.29, 0.717) is 32.1 Å². The summed E-state index contributed by atoms with van der Waals surface area (Å²) in [7, 11) is 0. The number of hydrogen-bond donors (Lipinski definition) is 0. The quantitative estimate of drug-likeness (QED) is 0.292. The molecular weight excluding hydrogens is 456 g/mol. The largest absolute Gasteiger partial charge is 0.487 e. The van der Waals surface area contributed by atoms with Gasteiger partial charge in [0.15, 0.2) is 11.5 Å². The molecule has 1 aliphatic heterocycles. The van der Waals surface area contributed by atoms with Crippen LogP contribution in [0.2, 0.25) is 0 Å². The summed E-state index contributed by atoms with van der Waals surface area (Å²) in [5.41, 5.74) is 4.06. The summed E-state index contributed by atoms with van der Waals surface area (Å²) in [6.07, 6.45) is 3.46. The van der Waals surface area contributed by atoms with Gasteiger partial charge >= 0.3 is 0 Å². The molecule has 1 aliphatic rings. The molecule has 5 rings (SSSR count). The van der Waals surface area contributed by atoms with Gasteiger partial charge < -0.3 is 14.4 Å². The molecule has 0 saturated carbocycles. The molecule has 3 heterocycles. The first-order valence-corrected chi connectivity index (χ1v) is 13.1. The van der Waals surface area contributed by atoms with Gasteiger partial charge in [-0.05, 0) is 54.1 Å². The van der Waals surface area contributed by atoms with E-state index in [9.17, 15) is 4.79 Å². The van der Waals surface area contributed by atoms with Gasteiger partial charge in [0.25, 0.3) is 0 Å². The minimum atomic E-state index is 0.0421. The number of fused-ring (bicyclic) bond motifs is 2. The van der Waals surface area contributed by atoms with Gasteiger partial charge in [0.2, 0.25) is 5.91 Å². The van der Waals surface area contributed by atoms with Crippen LogP contribution in [0.25, 0.3) is 21.2 Å². The molecule has 4 aromatic rings. The summed E-state index contributed by atoms with van der Waals surface area (Å²) in [5, 5.41) is 3.41. The van der Waals surface area contributed by atoms with Crippen molar-refractivity contribution in [1.82, 2.24) is 9.88 Å². The lowest BCUT2D eigenvalue weighted by atomic mass is 9.99. The van der Waals surface area contributed by atoms with Crippen LogP contribution >= 0.6 is 11.3 Å². The molecule has 0 spiro atoms. The number of amides is 1. The first kappa shape index (κ1) is 23.4. The molecule has 0 atom stereocenters. The van der Waals surface area contributed by atoms with Crippen LogP contribution in [0.4, 0.5) is 0 Å². The van der Waals surface area contributed by atoms with E-state index in [-0.39, 0.29) is 11.8 Å². The molecule has 180 valence electrons. The maximum atomic E-state index is 13.2. The zero-order valence-corrected chi connectivity index (χ0v) is 21.0. The molecule has 0 aliphatic carbocycles. The predicted octanol–water partition coefficient (Wildman–Crippen LogP) is 6.70. The summed E-state index contributed by atoms with van der Waals surface area (Å²) < 4.78 is 13.8. The van der Waals surface area contributed by atoms with Crippen LogP contribution in [0.15, 0.2) is 66.2 Å². The number of rotatable bonds is 7. The van der Waals surface area contributed by atoms with Crippen molar-refractivity contribution >= 4 is 27.3 Å². The van der Waals surface area contributed by atoms with Gasteiger partial charge in [-0.3, -0.25) is 9.78 Å². The average molecular weight is 487 g/mol. The highest BCUT2D eigenvalue weighted by atomic mass is 32.1. The SMILES string of the molecule is CCC(CC)C(=O)N1CCOc2c(cc(-c3csc4ccccc34)cc2OCc2ccccn2)C1. The third kappa shape index (κ3) is 4.89. The summed E-state index contributed by atoms with van der Waals surface area (Å²) in [6.45, 7) is 6.04. The molecule has 0 fully saturated rings. The van der Waals surface area contributed by atoms with Gasteiger partial charge in [0.1, 0.15) is 13.2 Å². The van der Waals surface area contributed by atoms with Crippen LogP contribution in [0.5, 0.6) is 11.5 Å². The zero-order valence-electron chi connectivity index (χ0n) is 20.2. The molecule has 0 unspecified atom stereocenters. The first-order chi connectivity index (χ1) is 17.2. The van der Waals surface area contributed by atoms with Crippen molar-refractivity contribution in [3.05, 3.63) is 77.4 Å². The summed E-state index contributed by atoms with van der Waals surface area (Å²) >= 11 is 1.74. The fourth-order valence-corrected chi connectivity index (χ4v) is 5.64. The normalized spacial score (nSPS) is 13.4. The molecule has 0 saturated heterocycles. The maximum Gasteiger partial charge on any atom is 0.226 e. The van der Waals surface area contributed by atoms with E-state index < -0.39 is 0 Å². The molecule has 0 radical (unpaired) electrons. The van der Waals surface area contributed by atoms with E-state index in [1.165, 1.54) is 15.6 Å². The van der Waals surface area contributed by atoms with Crippen LogP contribution in [-0.2, 0) is 17.9 Å². The third-order valence-corrected chi connectivity index (χ3v) is 7.60. The molecule has 6 heteroatoms. The van der Waals surface area contributed by atoms with E-state index in [2.05, 4.69) is 60.6 Å². The standard InChI is InChI=1S/C29H30N2O3S/c1-3-20(4-2)29(32)31-13-14-33-28-22(17-31)15-21(25-19-35-27-11-6-5-10-24(25)27)16-26(28)34-18-23-9-7-8-12-30-23/h5-12,15-16,19-20H,3-4,13-14,17-18H2,1-2H3. The highest BCUT2D eigenvalue weighted by molar-refractivity contribution is 7.17. The van der Waals surface area contributed by atoms with Crippen molar-refractivity contribution in [3.8, 4) is 22.6 Å². The Balaban J connectivity index is 1.55. The number of ether oxygens (including phenoxy) is 2. The zero-order chi connectivity index (χ0) is 24.2. The van der Waals surface area contributed by atoms with Crippen molar-refractivity contribution in [3.63, 3.8) is 0 Å². The summed E-state index contributed by atoms with van der Waals surface area (Å²) in [5.74, 6) is 1.66. The Bertz CT molecular complexity index is 1310. The Morgan fingerprint density at radius 3 is 2.77 bits per heavy atom. The molecule has 0 bridgehead atoms. The molecule has 2 aromatic carbocycles. The lowest BCUT2D eigenvalue weighted by molar-refractivity contribution is -0.136. The molecule has 0 N–H and O–H groups in total. The topological polar surface area (TPSA) is 51.7 Å². The number of pyridine rings is 1. The van der Waals surface area contributed by atoms with Crippen molar-refractivity contribution < 1.29 is 14.3 Å². The van der Waals surface area contributed by atoms with Crippen molar-refractivity contribution in [2.75, 3.05) is 13.2 Å². The van der Waals surface area contributed by atoms with Crippen LogP contribution in [0.1, 0.15) is 37.9 Å². The van der Waals surface area contributed by atoms with Gasteiger partial charge in [-0.15, -0.1) is 11.3 Å². The number of thiophene rings is 1. The Kier molecular flexibility index (Phi) is 7.00. The number of aromatic nitrogens is 1. The second kappa shape index (κ2) is 10.5. The molecule has 5 nitrogen and oxygen atoms in total. The highest BCUT2D eigenvalue weighted by Gasteiger charge is 2.27. The minimum Gasteiger partial charge on any atom is -0.487 e. The first-order valence-electron chi connectivity index (χ1n) is 12.3. The highest BCUT2D eigenvalue weighted by Crippen LogP contribution is 2.42. The second-order valence-corrected chi connectivity index (χ2v) is 9.75. The number of carbonyl (C=O) groups is 1. The number of hydrogen-bond acceptors (Lipinski definition) is 5. The number of carbonyl (C=O) groups excluding carboxylic acids is 1. The van der Waals surface area contributed by atoms with Crippen LogP contribution in [0, 0.1) is 5.92 Å². The number of nitrogens with zero attached hydrogens (tertiary/aromatic N) is 2. The van der Waals surface area contributed by atoms with E-state index in [1.807, 2.05) is 23.1 Å². The third-order valence-electron chi connectivity index (χ3n) is 6.64. The van der Waals surface area contributed by atoms with E-state index in [1.54, 1.807) is 17.5 Å². The monoisotopic (exact) mass is 486 g/mol. The second-order valence-electron chi connectivity index (χ2n) is 8.84. The molecule has 1 amide bonds. The Labute approximate surface area is 210 Å². The lowest BCUT2D eigenvalue weighted by Crippen LogP contribution is -2.36. The molecule has 35 heavy (non-hydrogen) atoms. The average Bonchev–Trinajstić information content (AvgIpc) is 3.21. The van der Waals surface area contributed by atoms with Crippen molar-refractivity contribution in [1.29, 1.82) is 0 Å². The molecular formula is C29H30N2O3S. The minimum absolute atomic E-state index is 0.0421. The maximum absolute atomic E-state index is 13.2. The number of benzene rings is 2. The van der Waals surface area contributed by atoms with Crippen LogP contribution in [0.3, 0.4) is 0 Å². The van der Waals surface area contributed by atoms with Gasteiger partial charge in [0.05, 0.1) is 12.2 Å². The van der Waals surface area contributed by atoms with Crippen molar-refractivity contribution in [2.24, 2.45) is 5.92 Å². The van der Waals surface area contributed by atoms with Gasteiger partial charge in [-0.25, -0.2) is 0 Å². The summed E-state index contributed by atoms with van der Waals surface area (Å²) in [6, 6.07) is 18.5. The van der Waals surface area contributed by atoms with E-state index in [0.717, 1.165) is 35.4 Å². The van der Waals surface area contributed by atoms with Crippen LogP contribution in [-0.4, -0.2) is 28.9 Å². The van der Waals surface area contributed by atoms with Crippen molar-refractivity contribution in [2.45, 2.75) is 39.8 Å². The Hall–Kier alpha value is -3.38. The summed E-state index contributed by atoms with van der Waals surface area (Å²) in [4.78, 5) is 19.6. The van der Waals surface area contributed by atoms with E-state index in [4.69, 9.17) is 9.47 Å². The van der Waals surface area contributed by atoms with Gasteiger partial charge in [-0.2, -0.15) is 0 Å². The van der Waals surface area contributed by atoms with E-state index >= 15 is 0 Å².